The summed E-state index contributed by atoms with van der Waals surface area (Å²) in [5.41, 5.74) is 10.2. The van der Waals surface area contributed by atoms with Gasteiger partial charge in [0, 0.05) is 11.6 Å². The number of esters is 1. The lowest BCUT2D eigenvalue weighted by Gasteiger charge is -2.26. The van der Waals surface area contributed by atoms with Crippen molar-refractivity contribution >= 4 is 29.4 Å². The molecule has 2 aromatic carbocycles. The molecule has 1 heterocycles. The van der Waals surface area contributed by atoms with Gasteiger partial charge < -0.3 is 20.1 Å². The first-order valence-electron chi connectivity index (χ1n) is 11.3. The first-order chi connectivity index (χ1) is 17.5. The molecule has 0 saturated heterocycles. The molecular weight excluding hydrogens is 504 g/mol. The van der Waals surface area contributed by atoms with Crippen LogP contribution in [0.2, 0.25) is 5.02 Å². The predicted molar refractivity (Wildman–Crippen MR) is 134 cm³/mol. The van der Waals surface area contributed by atoms with Gasteiger partial charge in [-0.2, -0.15) is 5.16 Å². The van der Waals surface area contributed by atoms with Crippen molar-refractivity contribution in [2.24, 2.45) is 11.7 Å². The van der Waals surface area contributed by atoms with Gasteiger partial charge in [-0.1, -0.05) is 61.8 Å². The number of nitrogens with one attached hydrogen (secondary N) is 2. The lowest BCUT2D eigenvalue weighted by Crippen LogP contribution is -2.50. The van der Waals surface area contributed by atoms with Crippen LogP contribution >= 0.6 is 11.6 Å². The summed E-state index contributed by atoms with van der Waals surface area (Å²) in [5, 5.41) is 13.5. The highest BCUT2D eigenvalue weighted by Gasteiger charge is 2.30. The van der Waals surface area contributed by atoms with Gasteiger partial charge in [0.15, 0.2) is 0 Å². The van der Waals surface area contributed by atoms with Gasteiger partial charge in [0.05, 0.1) is 12.6 Å². The van der Waals surface area contributed by atoms with E-state index in [0.29, 0.717) is 10.6 Å². The van der Waals surface area contributed by atoms with Crippen molar-refractivity contribution in [3.63, 3.8) is 0 Å². The zero-order chi connectivity index (χ0) is 27.1. The second kappa shape index (κ2) is 12.3. The van der Waals surface area contributed by atoms with Crippen LogP contribution in [0.5, 0.6) is 0 Å². The Morgan fingerprint density at radius 2 is 1.84 bits per heavy atom. The number of nitrogens with zero attached hydrogens (tertiary/aromatic N) is 1. The number of hydrogen-bond donors (Lipinski definition) is 4. The molecule has 1 amide bonds. The molecule has 1 aromatic heterocycles. The minimum Gasteiger partial charge on any atom is -0.478 e. The zero-order valence-corrected chi connectivity index (χ0v) is 20.9. The Kier molecular flexibility index (Phi) is 9.23. The normalized spacial score (nSPS) is 12.8. The molecule has 0 spiro atoms. The Labute approximate surface area is 217 Å². The highest BCUT2D eigenvalue weighted by Crippen LogP contribution is 2.23. The molecule has 0 aliphatic carbocycles. The second-order valence-corrected chi connectivity index (χ2v) is 9.08. The number of carboxylic acid groups (broad SMARTS) is 1. The van der Waals surface area contributed by atoms with Crippen molar-refractivity contribution in [1.29, 1.82) is 0 Å². The van der Waals surface area contributed by atoms with Crippen LogP contribution in [0.15, 0.2) is 63.9 Å². The second-order valence-electron chi connectivity index (χ2n) is 8.64. The molecule has 0 aliphatic rings. The van der Waals surface area contributed by atoms with Crippen molar-refractivity contribution in [1.82, 2.24) is 15.6 Å². The summed E-state index contributed by atoms with van der Waals surface area (Å²) in [4.78, 5) is 48.1. The maximum absolute atomic E-state index is 12.6. The third-order valence-electron chi connectivity index (χ3n) is 5.40. The largest absolute Gasteiger partial charge is 0.478 e. The molecule has 5 N–H and O–H groups in total. The first-order valence-corrected chi connectivity index (χ1v) is 11.7. The lowest BCUT2D eigenvalue weighted by atomic mass is 10.0. The predicted octanol–water partition coefficient (Wildman–Crippen LogP) is 2.42. The molecular formula is C25H27ClN4O7. The van der Waals surface area contributed by atoms with E-state index in [4.69, 9.17) is 26.6 Å². The van der Waals surface area contributed by atoms with Crippen LogP contribution in [-0.4, -0.2) is 51.8 Å². The van der Waals surface area contributed by atoms with Crippen molar-refractivity contribution in [3.05, 3.63) is 81.3 Å². The summed E-state index contributed by atoms with van der Waals surface area (Å²) in [5.74, 6) is -3.68. The summed E-state index contributed by atoms with van der Waals surface area (Å²) in [6.45, 7) is 3.02. The van der Waals surface area contributed by atoms with Gasteiger partial charge in [-0.05, 0) is 34.7 Å². The van der Waals surface area contributed by atoms with Gasteiger partial charge in [0.1, 0.15) is 6.04 Å². The van der Waals surface area contributed by atoms with Crippen LogP contribution in [0.1, 0.15) is 30.0 Å². The van der Waals surface area contributed by atoms with E-state index in [1.165, 1.54) is 5.01 Å². The number of halogens is 1. The van der Waals surface area contributed by atoms with Crippen LogP contribution in [-0.2, 0) is 20.9 Å². The fraction of sp³-hybridized carbons (Fsp3) is 0.280. The van der Waals surface area contributed by atoms with Crippen molar-refractivity contribution in [2.75, 3.05) is 6.54 Å². The first kappa shape index (κ1) is 27.7. The molecule has 3 aromatic rings. The Hall–Kier alpha value is -3.93. The van der Waals surface area contributed by atoms with E-state index < -0.39 is 42.1 Å². The number of rotatable bonds is 11. The number of carbonyl (C=O) groups excluding carboxylic acids is 2. The number of carbonyl (C=O) groups is 3. The third-order valence-corrected chi connectivity index (χ3v) is 5.64. The molecule has 0 saturated carbocycles. The van der Waals surface area contributed by atoms with Crippen LogP contribution in [0.25, 0.3) is 11.1 Å². The number of hydrazine groups is 1. The van der Waals surface area contributed by atoms with E-state index in [1.54, 1.807) is 32.0 Å². The summed E-state index contributed by atoms with van der Waals surface area (Å²) in [7, 11) is 0. The fourth-order valence-electron chi connectivity index (χ4n) is 3.29. The van der Waals surface area contributed by atoms with Crippen LogP contribution in [0, 0.1) is 5.92 Å². The number of carboxylic acids is 1. The molecule has 0 bridgehead atoms. The van der Waals surface area contributed by atoms with Gasteiger partial charge in [0.2, 0.25) is 11.9 Å². The van der Waals surface area contributed by atoms with Gasteiger partial charge in [-0.25, -0.2) is 9.80 Å². The minimum atomic E-state index is -1.64. The molecule has 12 heteroatoms. The third kappa shape index (κ3) is 7.78. The van der Waals surface area contributed by atoms with Gasteiger partial charge >= 0.3 is 17.8 Å². The maximum Gasteiger partial charge on any atom is 0.346 e. The summed E-state index contributed by atoms with van der Waals surface area (Å²) >= 11 is 6.07. The van der Waals surface area contributed by atoms with Crippen LogP contribution in [0.3, 0.4) is 0 Å². The number of aromatic nitrogens is 1. The van der Waals surface area contributed by atoms with E-state index in [1.807, 2.05) is 35.5 Å². The molecule has 2 atom stereocenters. The molecule has 11 nitrogen and oxygen atoms in total. The number of ether oxygens (including phenoxy) is 1. The monoisotopic (exact) mass is 530 g/mol. The molecule has 0 aliphatic heterocycles. The number of benzene rings is 2. The van der Waals surface area contributed by atoms with E-state index in [0.717, 1.165) is 17.2 Å². The van der Waals surface area contributed by atoms with Gasteiger partial charge in [0.25, 0.3) is 5.56 Å². The minimum absolute atomic E-state index is 0.0355. The zero-order valence-electron chi connectivity index (χ0n) is 20.1. The number of nitrogens with two attached hydrogens (primary N) is 1. The fourth-order valence-corrected chi connectivity index (χ4v) is 3.48. The smallest absolute Gasteiger partial charge is 0.346 e. The summed E-state index contributed by atoms with van der Waals surface area (Å²) in [6, 6.07) is 14.6. The van der Waals surface area contributed by atoms with Crippen molar-refractivity contribution in [3.8, 4) is 11.1 Å². The van der Waals surface area contributed by atoms with Gasteiger partial charge in [-0.3, -0.25) is 19.8 Å². The maximum atomic E-state index is 12.6. The van der Waals surface area contributed by atoms with E-state index in [2.05, 4.69) is 5.43 Å². The van der Waals surface area contributed by atoms with Crippen molar-refractivity contribution in [2.45, 2.75) is 32.5 Å². The Morgan fingerprint density at radius 3 is 2.41 bits per heavy atom. The molecule has 1 unspecified atom stereocenters. The SMILES string of the molecule is CC(C)C(N)C(=O)O[C@H](CN(Cc1ccc(-c2cccc(Cl)c2)cc1)NC(=O)c1cc(=O)[nH]o1)C(=O)O. The average molecular weight is 531 g/mol. The summed E-state index contributed by atoms with van der Waals surface area (Å²) in [6.07, 6.45) is -1.64. The van der Waals surface area contributed by atoms with E-state index in [9.17, 15) is 24.3 Å². The van der Waals surface area contributed by atoms with E-state index in [-0.39, 0.29) is 18.2 Å². The van der Waals surface area contributed by atoms with Crippen LogP contribution < -0.4 is 16.7 Å². The van der Waals surface area contributed by atoms with Gasteiger partial charge in [-0.15, -0.1) is 0 Å². The highest BCUT2D eigenvalue weighted by atomic mass is 35.5. The number of amides is 1. The molecule has 196 valence electrons. The number of hydrogen-bond acceptors (Lipinski definition) is 8. The molecule has 0 radical (unpaired) electrons. The average Bonchev–Trinajstić information content (AvgIpc) is 3.29. The van der Waals surface area contributed by atoms with Crippen LogP contribution in [0.4, 0.5) is 0 Å². The lowest BCUT2D eigenvalue weighted by molar-refractivity contribution is -0.167. The number of H-pyrrole nitrogens is 1. The Balaban J connectivity index is 1.81. The standard InChI is InChI=1S/C25H27ClN4O7/c1-14(2)22(27)25(35)36-20(24(33)34)13-30(28-23(32)19-11-21(31)29-37-19)12-15-6-8-16(9-7-15)17-4-3-5-18(26)10-17/h3-11,14,20,22H,12-13,27H2,1-2H3,(H,28,32)(H,29,31)(H,33,34)/t20-,22?/m1/s1. The number of aromatic amines is 1. The topological polar surface area (TPSA) is 168 Å². The highest BCUT2D eigenvalue weighted by molar-refractivity contribution is 6.30. The molecule has 3 rings (SSSR count). The quantitative estimate of drug-likeness (QED) is 0.215. The Bertz CT molecular complexity index is 1300. The van der Waals surface area contributed by atoms with E-state index >= 15 is 0 Å². The van der Waals surface area contributed by atoms with Crippen molar-refractivity contribution < 1.29 is 28.8 Å². The number of aliphatic carboxylic acids is 1. The molecule has 0 fully saturated rings. The molecule has 37 heavy (non-hydrogen) atoms. The summed E-state index contributed by atoms with van der Waals surface area (Å²) < 4.78 is 9.96. The Morgan fingerprint density at radius 1 is 1.14 bits per heavy atom.